The number of aromatic nitrogens is 2. The zero-order chi connectivity index (χ0) is 22.2. The molecule has 162 valence electrons. The lowest BCUT2D eigenvalue weighted by Gasteiger charge is -2.23. The van der Waals surface area contributed by atoms with Gasteiger partial charge in [-0.15, -0.1) is 0 Å². The van der Waals surface area contributed by atoms with Crippen molar-refractivity contribution in [3.05, 3.63) is 88.4 Å². The molecule has 1 N–H and O–H groups in total. The van der Waals surface area contributed by atoms with Crippen LogP contribution in [0.2, 0.25) is 5.02 Å². The Balaban J connectivity index is 1.87. The van der Waals surface area contributed by atoms with E-state index in [2.05, 4.69) is 5.32 Å². The van der Waals surface area contributed by atoms with Crippen LogP contribution in [-0.2, 0) is 0 Å². The summed E-state index contributed by atoms with van der Waals surface area (Å²) in [5, 5.41) is 17.3. The molecule has 1 aliphatic rings. The van der Waals surface area contributed by atoms with Gasteiger partial charge in [-0.2, -0.15) is 4.73 Å². The maximum absolute atomic E-state index is 14.7. The van der Waals surface area contributed by atoms with E-state index in [1.165, 1.54) is 12.3 Å². The molecule has 7 heteroatoms. The molecule has 4 aromatic rings. The summed E-state index contributed by atoms with van der Waals surface area (Å²) in [5.74, 6) is -1.45. The average Bonchev–Trinajstić information content (AvgIpc) is 2.80. The van der Waals surface area contributed by atoms with Crippen LogP contribution in [0.5, 0.6) is 0 Å². The summed E-state index contributed by atoms with van der Waals surface area (Å²) < 4.78 is 30.0. The molecule has 0 bridgehead atoms. The summed E-state index contributed by atoms with van der Waals surface area (Å²) in [6.45, 7) is 1.72. The molecule has 1 aliphatic heterocycles. The minimum Gasteiger partial charge on any atom is -0.618 e. The zero-order valence-corrected chi connectivity index (χ0v) is 17.9. The van der Waals surface area contributed by atoms with E-state index in [0.717, 1.165) is 54.9 Å². The SMILES string of the molecule is [O-][n+]1ccc2c(-c3ccccc3Cl)cc(C3CCNCC3)nc2c1-c1c(F)cccc1F. The standard InChI is InChI=1S/C25H20ClF2N3O/c26-19-5-2-1-4-16(19)18-14-22(15-8-11-29-12-9-15)30-24-17(18)10-13-31(32)25(24)23-20(27)6-3-7-21(23)28/h1-7,10,13-15,29H,8-9,11-12H2. The fourth-order valence-corrected chi connectivity index (χ4v) is 4.66. The molecule has 1 fully saturated rings. The van der Waals surface area contributed by atoms with Crippen molar-refractivity contribution in [1.29, 1.82) is 0 Å². The van der Waals surface area contributed by atoms with E-state index >= 15 is 0 Å². The molecule has 32 heavy (non-hydrogen) atoms. The second-order valence-corrected chi connectivity index (χ2v) is 8.36. The largest absolute Gasteiger partial charge is 0.618 e. The van der Waals surface area contributed by atoms with Gasteiger partial charge in [0.05, 0.1) is 0 Å². The van der Waals surface area contributed by atoms with Crippen LogP contribution in [0.3, 0.4) is 0 Å². The molecule has 0 radical (unpaired) electrons. The topological polar surface area (TPSA) is 51.9 Å². The Labute approximate surface area is 189 Å². The fourth-order valence-electron chi connectivity index (χ4n) is 4.43. The fraction of sp³-hybridized carbons (Fsp3) is 0.200. The lowest BCUT2D eigenvalue weighted by atomic mass is 9.90. The Morgan fingerprint density at radius 2 is 1.69 bits per heavy atom. The summed E-state index contributed by atoms with van der Waals surface area (Å²) >= 11 is 6.52. The first-order chi connectivity index (χ1) is 15.5. The first-order valence-electron chi connectivity index (χ1n) is 10.5. The van der Waals surface area contributed by atoms with Crippen molar-refractivity contribution in [3.8, 4) is 22.4 Å². The number of pyridine rings is 2. The van der Waals surface area contributed by atoms with Crippen molar-refractivity contribution >= 4 is 22.5 Å². The number of hydrogen-bond acceptors (Lipinski definition) is 3. The van der Waals surface area contributed by atoms with Crippen molar-refractivity contribution in [1.82, 2.24) is 10.3 Å². The third-order valence-electron chi connectivity index (χ3n) is 6.02. The Morgan fingerprint density at radius 1 is 0.969 bits per heavy atom. The van der Waals surface area contributed by atoms with Crippen molar-refractivity contribution in [3.63, 3.8) is 0 Å². The molecule has 4 nitrogen and oxygen atoms in total. The van der Waals surface area contributed by atoms with Crippen LogP contribution in [0.4, 0.5) is 8.78 Å². The van der Waals surface area contributed by atoms with Gasteiger partial charge in [0.15, 0.2) is 6.20 Å². The third-order valence-corrected chi connectivity index (χ3v) is 6.35. The Bertz CT molecular complexity index is 1300. The Morgan fingerprint density at radius 3 is 2.41 bits per heavy atom. The van der Waals surface area contributed by atoms with Gasteiger partial charge >= 0.3 is 0 Å². The van der Waals surface area contributed by atoms with Crippen LogP contribution in [0.25, 0.3) is 33.3 Å². The highest BCUT2D eigenvalue weighted by atomic mass is 35.5. The number of hydrogen-bond donors (Lipinski definition) is 1. The molecule has 2 aromatic heterocycles. The van der Waals surface area contributed by atoms with Crippen LogP contribution >= 0.6 is 11.6 Å². The first kappa shape index (κ1) is 20.8. The summed E-state index contributed by atoms with van der Waals surface area (Å²) in [6, 6.07) is 14.6. The number of rotatable bonds is 3. The predicted molar refractivity (Wildman–Crippen MR) is 121 cm³/mol. The van der Waals surface area contributed by atoms with Gasteiger partial charge in [-0.1, -0.05) is 35.9 Å². The minimum absolute atomic E-state index is 0.137. The molecule has 0 saturated carbocycles. The molecule has 0 amide bonds. The van der Waals surface area contributed by atoms with E-state index in [4.69, 9.17) is 16.6 Å². The number of benzene rings is 2. The molecule has 3 heterocycles. The van der Waals surface area contributed by atoms with E-state index in [-0.39, 0.29) is 22.7 Å². The minimum atomic E-state index is -0.810. The monoisotopic (exact) mass is 451 g/mol. The summed E-state index contributed by atoms with van der Waals surface area (Å²) in [7, 11) is 0. The van der Waals surface area contributed by atoms with Gasteiger partial charge < -0.3 is 10.5 Å². The van der Waals surface area contributed by atoms with Gasteiger partial charge in [0.2, 0.25) is 0 Å². The van der Waals surface area contributed by atoms with E-state index in [1.54, 1.807) is 12.1 Å². The Kier molecular flexibility index (Phi) is 5.49. The number of fused-ring (bicyclic) bond motifs is 1. The van der Waals surface area contributed by atoms with Gasteiger partial charge in [-0.25, -0.2) is 13.8 Å². The van der Waals surface area contributed by atoms with E-state index in [9.17, 15) is 14.0 Å². The summed E-state index contributed by atoms with van der Waals surface area (Å²) in [4.78, 5) is 4.81. The number of nitrogens with zero attached hydrogens (tertiary/aromatic N) is 2. The van der Waals surface area contributed by atoms with Gasteiger partial charge in [0, 0.05) is 33.7 Å². The quantitative estimate of drug-likeness (QED) is 0.326. The highest BCUT2D eigenvalue weighted by molar-refractivity contribution is 6.33. The summed E-state index contributed by atoms with van der Waals surface area (Å²) in [5.41, 5.74) is 2.10. The number of nitrogens with one attached hydrogen (secondary N) is 1. The Hall–Kier alpha value is -3.09. The van der Waals surface area contributed by atoms with Crippen molar-refractivity contribution < 1.29 is 13.5 Å². The second-order valence-electron chi connectivity index (χ2n) is 7.95. The van der Waals surface area contributed by atoms with Crippen LogP contribution in [0.15, 0.2) is 60.8 Å². The smallest absolute Gasteiger partial charge is 0.256 e. The predicted octanol–water partition coefficient (Wildman–Crippen LogP) is 5.60. The maximum atomic E-state index is 14.7. The lowest BCUT2D eigenvalue weighted by Crippen LogP contribution is -2.30. The van der Waals surface area contributed by atoms with E-state index < -0.39 is 11.6 Å². The van der Waals surface area contributed by atoms with E-state index in [0.29, 0.717) is 15.1 Å². The molecular weight excluding hydrogens is 432 g/mol. The average molecular weight is 452 g/mol. The van der Waals surface area contributed by atoms with Gasteiger partial charge in [0.25, 0.3) is 5.69 Å². The molecule has 0 spiro atoms. The van der Waals surface area contributed by atoms with Crippen molar-refractivity contribution in [2.75, 3.05) is 13.1 Å². The molecular formula is C25H20ClF2N3O. The molecule has 1 saturated heterocycles. The third kappa shape index (κ3) is 3.59. The van der Waals surface area contributed by atoms with E-state index in [1.807, 2.05) is 24.3 Å². The maximum Gasteiger partial charge on any atom is 0.256 e. The van der Waals surface area contributed by atoms with Gasteiger partial charge in [0.1, 0.15) is 22.7 Å². The van der Waals surface area contributed by atoms with Gasteiger partial charge in [-0.3, -0.25) is 0 Å². The van der Waals surface area contributed by atoms with Gasteiger partial charge in [-0.05, 0) is 55.8 Å². The molecule has 0 atom stereocenters. The molecule has 0 aliphatic carbocycles. The normalized spacial score (nSPS) is 14.7. The van der Waals surface area contributed by atoms with Crippen LogP contribution < -0.4 is 10.0 Å². The molecule has 0 unspecified atom stereocenters. The number of piperidine rings is 1. The van der Waals surface area contributed by atoms with Crippen LogP contribution in [0, 0.1) is 16.8 Å². The highest BCUT2D eigenvalue weighted by Crippen LogP contribution is 2.39. The van der Waals surface area contributed by atoms with Crippen LogP contribution in [-0.4, -0.2) is 18.1 Å². The molecule has 5 rings (SSSR count). The second kappa shape index (κ2) is 8.45. The number of halogens is 3. The first-order valence-corrected chi connectivity index (χ1v) is 10.9. The van der Waals surface area contributed by atoms with Crippen molar-refractivity contribution in [2.45, 2.75) is 18.8 Å². The van der Waals surface area contributed by atoms with Crippen molar-refractivity contribution in [2.24, 2.45) is 0 Å². The molecule has 2 aromatic carbocycles. The lowest BCUT2D eigenvalue weighted by molar-refractivity contribution is -0.592. The summed E-state index contributed by atoms with van der Waals surface area (Å²) in [6.07, 6.45) is 3.03. The van der Waals surface area contributed by atoms with Crippen LogP contribution in [0.1, 0.15) is 24.5 Å². The zero-order valence-electron chi connectivity index (χ0n) is 17.1. The highest BCUT2D eigenvalue weighted by Gasteiger charge is 2.27.